The Morgan fingerprint density at radius 3 is 2.57 bits per heavy atom. The molecule has 2 rings (SSSR count). The minimum atomic E-state index is -0.187. The lowest BCUT2D eigenvalue weighted by molar-refractivity contribution is 0.0914. The zero-order chi connectivity index (χ0) is 15.5. The molecule has 1 amide bonds. The van der Waals surface area contributed by atoms with Gasteiger partial charge >= 0.3 is 0 Å². The number of nitrogens with zero attached hydrogens (tertiary/aromatic N) is 1. The molecule has 21 heavy (non-hydrogen) atoms. The number of thiazole rings is 1. The van der Waals surface area contributed by atoms with Gasteiger partial charge in [0.2, 0.25) is 0 Å². The number of hydrogen-bond acceptors (Lipinski definition) is 3. The summed E-state index contributed by atoms with van der Waals surface area (Å²) in [7, 11) is 0. The molecular formula is C17H22N2OS. The van der Waals surface area contributed by atoms with E-state index in [1.54, 1.807) is 0 Å². The average Bonchev–Trinajstić information content (AvgIpc) is 2.80. The summed E-state index contributed by atoms with van der Waals surface area (Å²) < 4.78 is 0. The third-order valence-electron chi connectivity index (χ3n) is 3.58. The molecule has 0 spiro atoms. The van der Waals surface area contributed by atoms with Crippen LogP contribution in [0.15, 0.2) is 30.3 Å². The van der Waals surface area contributed by atoms with E-state index in [9.17, 15) is 4.79 Å². The maximum Gasteiger partial charge on any atom is 0.263 e. The summed E-state index contributed by atoms with van der Waals surface area (Å²) in [5, 5.41) is 4.06. The third-order valence-corrected chi connectivity index (χ3v) is 4.74. The van der Waals surface area contributed by atoms with E-state index in [2.05, 4.69) is 29.4 Å². The largest absolute Gasteiger partial charge is 0.346 e. The second-order valence-corrected chi connectivity index (χ2v) is 6.96. The minimum Gasteiger partial charge on any atom is -0.346 e. The predicted molar refractivity (Wildman–Crippen MR) is 87.9 cm³/mol. The molecule has 112 valence electrons. The van der Waals surface area contributed by atoms with Crippen LogP contribution in [0.5, 0.6) is 0 Å². The van der Waals surface area contributed by atoms with Gasteiger partial charge in [-0.15, -0.1) is 11.3 Å². The summed E-state index contributed by atoms with van der Waals surface area (Å²) in [6.07, 6.45) is 1.67. The molecule has 1 aromatic carbocycles. The molecule has 0 aliphatic carbocycles. The van der Waals surface area contributed by atoms with E-state index in [0.29, 0.717) is 0 Å². The first-order valence-electron chi connectivity index (χ1n) is 7.24. The Labute approximate surface area is 130 Å². The molecule has 0 unspecified atom stereocenters. The first kappa shape index (κ1) is 15.7. The van der Waals surface area contributed by atoms with E-state index in [-0.39, 0.29) is 11.4 Å². The molecule has 3 nitrogen and oxygen atoms in total. The molecule has 0 bridgehead atoms. The number of carbonyl (C=O) groups is 1. The Bertz CT molecular complexity index is 617. The van der Waals surface area contributed by atoms with E-state index in [0.717, 1.165) is 28.4 Å². The van der Waals surface area contributed by atoms with Crippen molar-refractivity contribution in [1.29, 1.82) is 0 Å². The van der Waals surface area contributed by atoms with E-state index in [4.69, 9.17) is 0 Å². The number of rotatable bonds is 5. The molecule has 0 saturated heterocycles. The summed E-state index contributed by atoms with van der Waals surface area (Å²) >= 11 is 1.49. The van der Waals surface area contributed by atoms with Gasteiger partial charge in [0.1, 0.15) is 4.88 Å². The molecule has 0 fully saturated rings. The Kier molecular flexibility index (Phi) is 4.78. The van der Waals surface area contributed by atoms with E-state index in [1.807, 2.05) is 39.0 Å². The van der Waals surface area contributed by atoms with Crippen LogP contribution in [-0.2, 0) is 6.42 Å². The van der Waals surface area contributed by atoms with Gasteiger partial charge in [0.15, 0.2) is 0 Å². The molecule has 2 aromatic rings. The molecule has 0 atom stereocenters. The highest BCUT2D eigenvalue weighted by atomic mass is 32.1. The summed E-state index contributed by atoms with van der Waals surface area (Å²) in [6.45, 7) is 8.04. The summed E-state index contributed by atoms with van der Waals surface area (Å²) in [5.41, 5.74) is 1.84. The minimum absolute atomic E-state index is 0.0174. The van der Waals surface area contributed by atoms with Crippen molar-refractivity contribution in [3.8, 4) is 0 Å². The van der Waals surface area contributed by atoms with Crippen LogP contribution in [0.4, 0.5) is 0 Å². The van der Waals surface area contributed by atoms with Crippen molar-refractivity contribution in [3.63, 3.8) is 0 Å². The number of aromatic nitrogens is 1. The zero-order valence-corrected chi connectivity index (χ0v) is 13.9. The summed E-state index contributed by atoms with van der Waals surface area (Å²) in [5.74, 6) is -0.0174. The van der Waals surface area contributed by atoms with Gasteiger partial charge in [-0.05, 0) is 32.8 Å². The van der Waals surface area contributed by atoms with Gasteiger partial charge in [-0.3, -0.25) is 4.79 Å². The molecule has 4 heteroatoms. The van der Waals surface area contributed by atoms with Crippen molar-refractivity contribution >= 4 is 17.2 Å². The maximum atomic E-state index is 12.4. The Morgan fingerprint density at radius 2 is 1.95 bits per heavy atom. The molecular weight excluding hydrogens is 280 g/mol. The summed E-state index contributed by atoms with van der Waals surface area (Å²) in [4.78, 5) is 17.6. The van der Waals surface area contributed by atoms with Crippen LogP contribution in [0.2, 0.25) is 0 Å². The number of amides is 1. The fourth-order valence-corrected chi connectivity index (χ4v) is 2.96. The Balaban J connectivity index is 2.14. The third kappa shape index (κ3) is 4.14. The van der Waals surface area contributed by atoms with Crippen LogP contribution in [0.1, 0.15) is 53.1 Å². The van der Waals surface area contributed by atoms with Gasteiger partial charge in [0, 0.05) is 12.0 Å². The first-order chi connectivity index (χ1) is 9.91. The van der Waals surface area contributed by atoms with Crippen LogP contribution < -0.4 is 5.32 Å². The highest BCUT2D eigenvalue weighted by Crippen LogP contribution is 2.22. The fraction of sp³-hybridized carbons (Fsp3) is 0.412. The van der Waals surface area contributed by atoms with Crippen LogP contribution in [0, 0.1) is 6.92 Å². The molecule has 1 aromatic heterocycles. The van der Waals surface area contributed by atoms with Crippen LogP contribution in [0.3, 0.4) is 0 Å². The van der Waals surface area contributed by atoms with Crippen LogP contribution in [-0.4, -0.2) is 16.4 Å². The second kappa shape index (κ2) is 6.39. The van der Waals surface area contributed by atoms with Crippen LogP contribution in [0.25, 0.3) is 0 Å². The highest BCUT2D eigenvalue weighted by molar-refractivity contribution is 7.13. The number of carbonyl (C=O) groups excluding carboxylic acids is 1. The Morgan fingerprint density at radius 1 is 1.29 bits per heavy atom. The quantitative estimate of drug-likeness (QED) is 0.908. The topological polar surface area (TPSA) is 42.0 Å². The van der Waals surface area contributed by atoms with Crippen molar-refractivity contribution in [1.82, 2.24) is 10.3 Å². The van der Waals surface area contributed by atoms with E-state index >= 15 is 0 Å². The van der Waals surface area contributed by atoms with E-state index < -0.39 is 0 Å². The number of nitrogens with one attached hydrogen (secondary N) is 1. The first-order valence-corrected chi connectivity index (χ1v) is 8.05. The van der Waals surface area contributed by atoms with Gasteiger partial charge in [-0.25, -0.2) is 4.98 Å². The molecule has 0 aliphatic heterocycles. The lowest BCUT2D eigenvalue weighted by atomic mass is 10.0. The number of benzene rings is 1. The molecule has 1 heterocycles. The van der Waals surface area contributed by atoms with Crippen molar-refractivity contribution in [2.45, 2.75) is 46.1 Å². The SMILES string of the molecule is CCC(C)(C)NC(=O)c1sc(Cc2ccccc2)nc1C. The normalized spacial score (nSPS) is 11.4. The van der Waals surface area contributed by atoms with Gasteiger partial charge in [0.05, 0.1) is 10.7 Å². The smallest absolute Gasteiger partial charge is 0.263 e. The molecule has 0 saturated carbocycles. The highest BCUT2D eigenvalue weighted by Gasteiger charge is 2.22. The van der Waals surface area contributed by atoms with Crippen molar-refractivity contribution in [2.24, 2.45) is 0 Å². The monoisotopic (exact) mass is 302 g/mol. The van der Waals surface area contributed by atoms with Gasteiger partial charge in [-0.1, -0.05) is 37.3 Å². The number of hydrogen-bond donors (Lipinski definition) is 1. The standard InChI is InChI=1S/C17H22N2OS/c1-5-17(3,4)19-16(20)15-12(2)18-14(21-15)11-13-9-7-6-8-10-13/h6-10H,5,11H2,1-4H3,(H,19,20). The molecule has 0 radical (unpaired) electrons. The number of aryl methyl sites for hydroxylation is 1. The average molecular weight is 302 g/mol. The molecule has 1 N–H and O–H groups in total. The van der Waals surface area contributed by atoms with Gasteiger partial charge in [0.25, 0.3) is 5.91 Å². The van der Waals surface area contributed by atoms with Gasteiger partial charge in [-0.2, -0.15) is 0 Å². The fourth-order valence-electron chi connectivity index (χ4n) is 1.96. The lowest BCUT2D eigenvalue weighted by Gasteiger charge is -2.24. The van der Waals surface area contributed by atoms with Crippen molar-refractivity contribution in [3.05, 3.63) is 51.5 Å². The summed E-state index contributed by atoms with van der Waals surface area (Å²) in [6, 6.07) is 10.2. The van der Waals surface area contributed by atoms with E-state index in [1.165, 1.54) is 16.9 Å². The van der Waals surface area contributed by atoms with Crippen molar-refractivity contribution < 1.29 is 4.79 Å². The lowest BCUT2D eigenvalue weighted by Crippen LogP contribution is -2.42. The Hall–Kier alpha value is -1.68. The van der Waals surface area contributed by atoms with Crippen molar-refractivity contribution in [2.75, 3.05) is 0 Å². The predicted octanol–water partition coefficient (Wildman–Crippen LogP) is 3.96. The molecule has 0 aliphatic rings. The second-order valence-electron chi connectivity index (χ2n) is 5.88. The van der Waals surface area contributed by atoms with Gasteiger partial charge < -0.3 is 5.32 Å². The van der Waals surface area contributed by atoms with Crippen LogP contribution >= 0.6 is 11.3 Å². The zero-order valence-electron chi connectivity index (χ0n) is 13.1. The maximum absolute atomic E-state index is 12.4.